The van der Waals surface area contributed by atoms with Gasteiger partial charge in [0, 0.05) is 43.2 Å². The third-order valence-electron chi connectivity index (χ3n) is 4.44. The zero-order valence-corrected chi connectivity index (χ0v) is 17.0. The largest absolute Gasteiger partial charge is 0.306 e. The van der Waals surface area contributed by atoms with Crippen molar-refractivity contribution < 1.29 is 0 Å². The average molecular weight is 445 g/mol. The summed E-state index contributed by atoms with van der Waals surface area (Å²) in [5.41, 5.74) is 3.04. The lowest BCUT2D eigenvalue weighted by Crippen LogP contribution is -2.05. The molecule has 1 N–H and O–H groups in total. The van der Waals surface area contributed by atoms with Gasteiger partial charge in [-0.2, -0.15) is 10.2 Å². The van der Waals surface area contributed by atoms with Crippen LogP contribution >= 0.6 is 11.6 Å². The van der Waals surface area contributed by atoms with Gasteiger partial charge in [0.05, 0.1) is 46.9 Å². The summed E-state index contributed by atoms with van der Waals surface area (Å²) in [5, 5.41) is 8.73. The SMILES string of the molecule is Clc1ccnc(-c2cnn3ccncc23)n1.O=c1ccnc(-c2cnn3ccncc23)[nH]1. The van der Waals surface area contributed by atoms with Gasteiger partial charge < -0.3 is 4.98 Å². The van der Waals surface area contributed by atoms with E-state index in [1.807, 2.05) is 0 Å². The molecule has 6 heterocycles. The lowest BCUT2D eigenvalue weighted by molar-refractivity contribution is 0.946. The Hall–Kier alpha value is -4.51. The van der Waals surface area contributed by atoms with Gasteiger partial charge in [0.1, 0.15) is 11.0 Å². The molecule has 6 rings (SSSR count). The van der Waals surface area contributed by atoms with Crippen LogP contribution < -0.4 is 5.56 Å². The fourth-order valence-electron chi connectivity index (χ4n) is 3.00. The minimum atomic E-state index is -0.187. The summed E-state index contributed by atoms with van der Waals surface area (Å²) >= 11 is 5.82. The molecule has 6 aromatic rings. The standard InChI is InChI=1S/C10H6ClN5.C10H7N5O/c11-9-1-2-13-10(15-9)7-5-14-16-4-3-12-6-8(7)16;16-9-1-2-12-10(14-9)7-5-13-15-4-3-11-6-8(7)15/h1-6H;1-6H,(H,12,14,16). The highest BCUT2D eigenvalue weighted by atomic mass is 35.5. The van der Waals surface area contributed by atoms with Crippen molar-refractivity contribution in [1.82, 2.24) is 49.1 Å². The first-order valence-electron chi connectivity index (χ1n) is 9.28. The predicted octanol–water partition coefficient (Wildman–Crippen LogP) is 2.32. The zero-order chi connectivity index (χ0) is 21.9. The topological polar surface area (TPSA) is 132 Å². The van der Waals surface area contributed by atoms with E-state index in [4.69, 9.17) is 11.6 Å². The fraction of sp³-hybridized carbons (Fsp3) is 0. The molecule has 6 aromatic heterocycles. The predicted molar refractivity (Wildman–Crippen MR) is 116 cm³/mol. The van der Waals surface area contributed by atoms with Crippen LogP contribution in [0, 0.1) is 0 Å². The van der Waals surface area contributed by atoms with Gasteiger partial charge in [0.25, 0.3) is 5.56 Å². The number of rotatable bonds is 2. The summed E-state index contributed by atoms with van der Waals surface area (Å²) in [6.07, 6.45) is 16.6. The molecule has 0 unspecified atom stereocenters. The molecule has 0 amide bonds. The van der Waals surface area contributed by atoms with Crippen LogP contribution in [0.4, 0.5) is 0 Å². The molecular weight excluding hydrogens is 432 g/mol. The molecule has 0 spiro atoms. The molecule has 0 aliphatic heterocycles. The van der Waals surface area contributed by atoms with Crippen LogP contribution in [0.25, 0.3) is 33.8 Å². The van der Waals surface area contributed by atoms with Crippen molar-refractivity contribution in [2.24, 2.45) is 0 Å². The minimum Gasteiger partial charge on any atom is -0.306 e. The highest BCUT2D eigenvalue weighted by Crippen LogP contribution is 2.21. The Kier molecular flexibility index (Phi) is 5.06. The first-order chi connectivity index (χ1) is 15.7. The molecule has 0 saturated heterocycles. The third-order valence-corrected chi connectivity index (χ3v) is 4.65. The first kappa shape index (κ1) is 19.5. The van der Waals surface area contributed by atoms with Gasteiger partial charge in [0.15, 0.2) is 5.82 Å². The smallest absolute Gasteiger partial charge is 0.251 e. The Balaban J connectivity index is 0.000000135. The van der Waals surface area contributed by atoms with E-state index in [1.54, 1.807) is 70.9 Å². The van der Waals surface area contributed by atoms with Gasteiger partial charge in [-0.1, -0.05) is 11.6 Å². The second-order valence-electron chi connectivity index (χ2n) is 6.41. The normalized spacial score (nSPS) is 10.8. The number of nitrogens with one attached hydrogen (secondary N) is 1. The molecular formula is C20H13ClN10O. The fourth-order valence-corrected chi connectivity index (χ4v) is 3.13. The Bertz CT molecular complexity index is 1590. The van der Waals surface area contributed by atoms with Crippen molar-refractivity contribution in [2.45, 2.75) is 0 Å². The van der Waals surface area contributed by atoms with Crippen molar-refractivity contribution >= 4 is 22.6 Å². The van der Waals surface area contributed by atoms with E-state index in [9.17, 15) is 4.79 Å². The summed E-state index contributed by atoms with van der Waals surface area (Å²) in [6.45, 7) is 0. The monoisotopic (exact) mass is 444 g/mol. The number of fused-ring (bicyclic) bond motifs is 2. The van der Waals surface area contributed by atoms with Gasteiger partial charge in [-0.15, -0.1) is 0 Å². The van der Waals surface area contributed by atoms with Crippen LogP contribution in [0.2, 0.25) is 5.15 Å². The Labute approximate surface area is 184 Å². The number of H-pyrrole nitrogens is 1. The van der Waals surface area contributed by atoms with Crippen LogP contribution in [0.15, 0.2) is 78.9 Å². The lowest BCUT2D eigenvalue weighted by atomic mass is 10.3. The number of hydrogen-bond acceptors (Lipinski definition) is 8. The molecule has 156 valence electrons. The summed E-state index contributed by atoms with van der Waals surface area (Å²) in [7, 11) is 0. The molecule has 0 aliphatic rings. The molecule has 0 bridgehead atoms. The molecule has 0 aliphatic carbocycles. The summed E-state index contributed by atoms with van der Waals surface area (Å²) in [4.78, 5) is 34.3. The van der Waals surface area contributed by atoms with Crippen molar-refractivity contribution in [1.29, 1.82) is 0 Å². The summed E-state index contributed by atoms with van der Waals surface area (Å²) < 4.78 is 3.39. The summed E-state index contributed by atoms with van der Waals surface area (Å²) in [5.74, 6) is 1.05. The van der Waals surface area contributed by atoms with Crippen LogP contribution in [0.5, 0.6) is 0 Å². The van der Waals surface area contributed by atoms with Gasteiger partial charge >= 0.3 is 0 Å². The lowest BCUT2D eigenvalue weighted by Gasteiger charge is -1.97. The maximum Gasteiger partial charge on any atom is 0.251 e. The molecule has 0 aromatic carbocycles. The zero-order valence-electron chi connectivity index (χ0n) is 16.2. The molecule has 0 atom stereocenters. The molecule has 12 heteroatoms. The number of halogens is 1. The highest BCUT2D eigenvalue weighted by molar-refractivity contribution is 6.29. The minimum absolute atomic E-state index is 0.187. The molecule has 0 fully saturated rings. The number of hydrogen-bond donors (Lipinski definition) is 1. The third kappa shape index (κ3) is 3.79. The quantitative estimate of drug-likeness (QED) is 0.402. The van der Waals surface area contributed by atoms with Gasteiger partial charge in [-0.25, -0.2) is 24.0 Å². The first-order valence-corrected chi connectivity index (χ1v) is 9.66. The Morgan fingerprint density at radius 1 is 0.781 bits per heavy atom. The number of aromatic amines is 1. The highest BCUT2D eigenvalue weighted by Gasteiger charge is 2.09. The van der Waals surface area contributed by atoms with E-state index in [0.29, 0.717) is 16.8 Å². The van der Waals surface area contributed by atoms with Crippen molar-refractivity contribution in [2.75, 3.05) is 0 Å². The Morgan fingerprint density at radius 2 is 1.44 bits per heavy atom. The Morgan fingerprint density at radius 3 is 2.12 bits per heavy atom. The second kappa shape index (κ2) is 8.32. The van der Waals surface area contributed by atoms with E-state index < -0.39 is 0 Å². The van der Waals surface area contributed by atoms with Crippen LogP contribution in [-0.2, 0) is 0 Å². The van der Waals surface area contributed by atoms with E-state index >= 15 is 0 Å². The maximum absolute atomic E-state index is 11.2. The molecule has 11 nitrogen and oxygen atoms in total. The van der Waals surface area contributed by atoms with E-state index in [-0.39, 0.29) is 5.56 Å². The van der Waals surface area contributed by atoms with Crippen molar-refractivity contribution in [3.63, 3.8) is 0 Å². The van der Waals surface area contributed by atoms with Crippen LogP contribution in [0.3, 0.4) is 0 Å². The average Bonchev–Trinajstić information content (AvgIpc) is 3.44. The maximum atomic E-state index is 11.2. The second-order valence-corrected chi connectivity index (χ2v) is 6.80. The molecule has 32 heavy (non-hydrogen) atoms. The van der Waals surface area contributed by atoms with Gasteiger partial charge in [-0.3, -0.25) is 14.8 Å². The van der Waals surface area contributed by atoms with E-state index in [0.717, 1.165) is 22.2 Å². The van der Waals surface area contributed by atoms with E-state index in [2.05, 4.69) is 40.1 Å². The molecule has 0 radical (unpaired) electrons. The van der Waals surface area contributed by atoms with Crippen LogP contribution in [-0.4, -0.2) is 49.1 Å². The van der Waals surface area contributed by atoms with Crippen molar-refractivity contribution in [3.05, 3.63) is 89.6 Å². The van der Waals surface area contributed by atoms with Gasteiger partial charge in [-0.05, 0) is 6.07 Å². The summed E-state index contributed by atoms with van der Waals surface area (Å²) in [6, 6.07) is 3.00. The number of aromatic nitrogens is 10. The van der Waals surface area contributed by atoms with Gasteiger partial charge in [0.2, 0.25) is 0 Å². The molecule has 0 saturated carbocycles. The van der Waals surface area contributed by atoms with Crippen LogP contribution in [0.1, 0.15) is 0 Å². The van der Waals surface area contributed by atoms with E-state index in [1.165, 1.54) is 12.3 Å². The number of nitrogens with zero attached hydrogens (tertiary/aromatic N) is 9. The van der Waals surface area contributed by atoms with Crippen molar-refractivity contribution in [3.8, 4) is 22.8 Å².